The molecule has 2 aromatic rings. The Morgan fingerprint density at radius 3 is 2.43 bits per heavy atom. The average molecular weight is 187 g/mol. The molecule has 0 saturated carbocycles. The van der Waals surface area contributed by atoms with Crippen molar-refractivity contribution in [1.82, 2.24) is 4.98 Å². The maximum Gasteiger partial charge on any atom is 0.101 e. The molecule has 2 heteroatoms. The molecule has 1 aromatic heterocycles. The van der Waals surface area contributed by atoms with Crippen LogP contribution in [0, 0.1) is 0 Å². The monoisotopic (exact) mass is 187 g/mol. The lowest BCUT2D eigenvalue weighted by molar-refractivity contribution is 0.0740. The van der Waals surface area contributed by atoms with E-state index in [2.05, 4.69) is 4.98 Å². The normalized spacial score (nSPS) is 11.9. The summed E-state index contributed by atoms with van der Waals surface area (Å²) in [5.74, 6) is 0. The number of pyridine rings is 1. The number of rotatable bonds is 1. The summed E-state index contributed by atoms with van der Waals surface area (Å²) < 4.78 is 0. The topological polar surface area (TPSA) is 33.1 Å². The minimum absolute atomic E-state index is 0.705. The predicted octanol–water partition coefficient (Wildman–Crippen LogP) is 2.46. The van der Waals surface area contributed by atoms with Gasteiger partial charge in [0.15, 0.2) is 0 Å². The highest BCUT2D eigenvalue weighted by molar-refractivity contribution is 5.81. The molecule has 0 unspecified atom stereocenters. The SMILES string of the molecule is CC(C)(O)c1cc2ccccc2cn1. The molecule has 14 heavy (non-hydrogen) atoms. The first-order valence-corrected chi connectivity index (χ1v) is 4.65. The van der Waals surface area contributed by atoms with Gasteiger partial charge in [-0.05, 0) is 25.3 Å². The average Bonchev–Trinajstić information content (AvgIpc) is 2.16. The van der Waals surface area contributed by atoms with E-state index in [0.717, 1.165) is 10.8 Å². The second kappa shape index (κ2) is 3.07. The predicted molar refractivity (Wildman–Crippen MR) is 57.0 cm³/mol. The van der Waals surface area contributed by atoms with Crippen LogP contribution < -0.4 is 0 Å². The Hall–Kier alpha value is -1.41. The summed E-state index contributed by atoms with van der Waals surface area (Å²) in [6, 6.07) is 9.92. The molecule has 2 rings (SSSR count). The third-order valence-electron chi connectivity index (χ3n) is 2.26. The van der Waals surface area contributed by atoms with Crippen LogP contribution in [0.2, 0.25) is 0 Å². The zero-order valence-corrected chi connectivity index (χ0v) is 8.36. The van der Waals surface area contributed by atoms with Crippen LogP contribution in [0.15, 0.2) is 36.5 Å². The molecule has 0 amide bonds. The highest BCUT2D eigenvalue weighted by Gasteiger charge is 2.17. The second-order valence-electron chi connectivity index (χ2n) is 3.98. The summed E-state index contributed by atoms with van der Waals surface area (Å²) in [6.45, 7) is 3.48. The van der Waals surface area contributed by atoms with Crippen molar-refractivity contribution in [2.24, 2.45) is 0 Å². The molecule has 0 aliphatic heterocycles. The number of hydrogen-bond acceptors (Lipinski definition) is 2. The maximum atomic E-state index is 9.79. The van der Waals surface area contributed by atoms with Crippen molar-refractivity contribution in [3.05, 3.63) is 42.2 Å². The molecule has 0 radical (unpaired) electrons. The van der Waals surface area contributed by atoms with E-state index >= 15 is 0 Å². The summed E-state index contributed by atoms with van der Waals surface area (Å²) in [5, 5.41) is 12.0. The zero-order valence-electron chi connectivity index (χ0n) is 8.36. The van der Waals surface area contributed by atoms with E-state index in [4.69, 9.17) is 0 Å². The van der Waals surface area contributed by atoms with Crippen LogP contribution >= 0.6 is 0 Å². The fourth-order valence-corrected chi connectivity index (χ4v) is 1.42. The van der Waals surface area contributed by atoms with E-state index in [0.29, 0.717) is 5.69 Å². The lowest BCUT2D eigenvalue weighted by Gasteiger charge is -2.16. The first kappa shape index (κ1) is 9.16. The molecule has 0 fully saturated rings. The molecule has 0 spiro atoms. The minimum Gasteiger partial charge on any atom is -0.384 e. The molecule has 72 valence electrons. The molecule has 2 nitrogen and oxygen atoms in total. The van der Waals surface area contributed by atoms with Crippen LogP contribution in [-0.4, -0.2) is 10.1 Å². The van der Waals surface area contributed by atoms with Gasteiger partial charge in [0, 0.05) is 11.6 Å². The van der Waals surface area contributed by atoms with Gasteiger partial charge in [0.1, 0.15) is 5.60 Å². The quantitative estimate of drug-likeness (QED) is 0.744. The fraction of sp³-hybridized carbons (Fsp3) is 0.250. The Bertz CT molecular complexity index is 457. The summed E-state index contributed by atoms with van der Waals surface area (Å²) >= 11 is 0. The highest BCUT2D eigenvalue weighted by atomic mass is 16.3. The lowest BCUT2D eigenvalue weighted by Crippen LogP contribution is -2.17. The van der Waals surface area contributed by atoms with Gasteiger partial charge >= 0.3 is 0 Å². The van der Waals surface area contributed by atoms with Crippen molar-refractivity contribution in [2.45, 2.75) is 19.4 Å². The Morgan fingerprint density at radius 1 is 1.14 bits per heavy atom. The number of nitrogens with zero attached hydrogens (tertiary/aromatic N) is 1. The molecule has 0 aliphatic carbocycles. The third kappa shape index (κ3) is 1.61. The van der Waals surface area contributed by atoms with Gasteiger partial charge in [0.05, 0.1) is 5.69 Å². The summed E-state index contributed by atoms with van der Waals surface area (Å²) in [6.07, 6.45) is 1.79. The summed E-state index contributed by atoms with van der Waals surface area (Å²) in [4.78, 5) is 4.23. The number of fused-ring (bicyclic) bond motifs is 1. The van der Waals surface area contributed by atoms with Crippen molar-refractivity contribution in [3.8, 4) is 0 Å². The van der Waals surface area contributed by atoms with Gasteiger partial charge in [-0.1, -0.05) is 24.3 Å². The van der Waals surface area contributed by atoms with Crippen molar-refractivity contribution in [3.63, 3.8) is 0 Å². The molecule has 0 bridgehead atoms. The van der Waals surface area contributed by atoms with Crippen molar-refractivity contribution < 1.29 is 5.11 Å². The standard InChI is InChI=1S/C12H13NO/c1-12(2,14)11-7-9-5-3-4-6-10(9)8-13-11/h3-8,14H,1-2H3. The molecular formula is C12H13NO. The minimum atomic E-state index is -0.871. The smallest absolute Gasteiger partial charge is 0.101 e. The Morgan fingerprint density at radius 2 is 1.79 bits per heavy atom. The first-order chi connectivity index (χ1) is 6.57. The molecule has 1 aromatic carbocycles. The van der Waals surface area contributed by atoms with Gasteiger partial charge in [-0.15, -0.1) is 0 Å². The van der Waals surface area contributed by atoms with Gasteiger partial charge in [-0.3, -0.25) is 4.98 Å². The van der Waals surface area contributed by atoms with Gasteiger partial charge in [-0.25, -0.2) is 0 Å². The van der Waals surface area contributed by atoms with Crippen LogP contribution in [0.5, 0.6) is 0 Å². The van der Waals surface area contributed by atoms with Crippen molar-refractivity contribution >= 4 is 10.8 Å². The van der Waals surface area contributed by atoms with Crippen LogP contribution in [0.25, 0.3) is 10.8 Å². The molecular weight excluding hydrogens is 174 g/mol. The van der Waals surface area contributed by atoms with E-state index in [1.165, 1.54) is 0 Å². The lowest BCUT2D eigenvalue weighted by atomic mass is 10.0. The first-order valence-electron chi connectivity index (χ1n) is 4.65. The molecule has 0 aliphatic rings. The van der Waals surface area contributed by atoms with E-state index in [-0.39, 0.29) is 0 Å². The Balaban J connectivity index is 2.63. The van der Waals surface area contributed by atoms with Gasteiger partial charge < -0.3 is 5.11 Å². The van der Waals surface area contributed by atoms with Crippen molar-refractivity contribution in [1.29, 1.82) is 0 Å². The van der Waals surface area contributed by atoms with Crippen LogP contribution in [0.3, 0.4) is 0 Å². The van der Waals surface area contributed by atoms with Crippen LogP contribution in [-0.2, 0) is 5.60 Å². The van der Waals surface area contributed by atoms with E-state index in [9.17, 15) is 5.11 Å². The molecule has 1 heterocycles. The van der Waals surface area contributed by atoms with Crippen LogP contribution in [0.4, 0.5) is 0 Å². The van der Waals surface area contributed by atoms with Gasteiger partial charge in [-0.2, -0.15) is 0 Å². The third-order valence-corrected chi connectivity index (χ3v) is 2.26. The summed E-state index contributed by atoms with van der Waals surface area (Å²) in [5.41, 5.74) is -0.166. The zero-order chi connectivity index (χ0) is 10.2. The summed E-state index contributed by atoms with van der Waals surface area (Å²) in [7, 11) is 0. The Labute approximate surface area is 83.2 Å². The van der Waals surface area contributed by atoms with Crippen molar-refractivity contribution in [2.75, 3.05) is 0 Å². The number of hydrogen-bond donors (Lipinski definition) is 1. The molecule has 0 atom stereocenters. The molecule has 1 N–H and O–H groups in total. The molecule has 0 saturated heterocycles. The largest absolute Gasteiger partial charge is 0.384 e. The number of aromatic nitrogens is 1. The van der Waals surface area contributed by atoms with E-state index in [1.54, 1.807) is 20.0 Å². The Kier molecular flexibility index (Phi) is 2.01. The number of aliphatic hydroxyl groups is 1. The highest BCUT2D eigenvalue weighted by Crippen LogP contribution is 2.21. The fourth-order valence-electron chi connectivity index (χ4n) is 1.42. The van der Waals surface area contributed by atoms with Gasteiger partial charge in [0.25, 0.3) is 0 Å². The van der Waals surface area contributed by atoms with Gasteiger partial charge in [0.2, 0.25) is 0 Å². The number of benzene rings is 1. The van der Waals surface area contributed by atoms with Crippen LogP contribution in [0.1, 0.15) is 19.5 Å². The van der Waals surface area contributed by atoms with E-state index < -0.39 is 5.60 Å². The van der Waals surface area contributed by atoms with E-state index in [1.807, 2.05) is 30.3 Å². The second-order valence-corrected chi connectivity index (χ2v) is 3.98. The maximum absolute atomic E-state index is 9.79.